The van der Waals surface area contributed by atoms with Crippen molar-refractivity contribution < 1.29 is 97.2 Å². The predicted octanol–water partition coefficient (Wildman–Crippen LogP) is -8.20. The van der Waals surface area contributed by atoms with Gasteiger partial charge in [0.2, 0.25) is 10.0 Å². The van der Waals surface area contributed by atoms with Crippen molar-refractivity contribution in [3.8, 4) is 0 Å². The van der Waals surface area contributed by atoms with Gasteiger partial charge in [-0.05, 0) is 12.8 Å². The Kier molecular flexibility index (Phi) is 24.9. The van der Waals surface area contributed by atoms with Crippen molar-refractivity contribution in [2.75, 3.05) is 51.7 Å². The molecule has 0 heterocycles. The normalized spacial score (nSPS) is 12.3. The molecule has 1 unspecified atom stereocenters. The molecule has 31 heavy (non-hydrogen) atoms. The van der Waals surface area contributed by atoms with Crippen molar-refractivity contribution >= 4 is 22.0 Å². The summed E-state index contributed by atoms with van der Waals surface area (Å²) in [5.74, 6) is -3.08. The van der Waals surface area contributed by atoms with Crippen LogP contribution in [0.5, 0.6) is 0 Å². The van der Waals surface area contributed by atoms with Crippen LogP contribution in [0, 0.1) is 0 Å². The van der Waals surface area contributed by atoms with Gasteiger partial charge in [0, 0.05) is 39.3 Å². The fraction of sp³-hybridized carbons (Fsp3) is 0.889. The van der Waals surface area contributed by atoms with E-state index in [-0.39, 0.29) is 91.1 Å². The van der Waals surface area contributed by atoms with Crippen LogP contribution in [0.2, 0.25) is 0 Å². The van der Waals surface area contributed by atoms with Gasteiger partial charge < -0.3 is 29.6 Å². The smallest absolute Gasteiger partial charge is 0.549 e. The maximum Gasteiger partial charge on any atom is 1.00 e. The first-order valence-corrected chi connectivity index (χ1v) is 11.6. The molecule has 0 saturated heterocycles. The molecule has 0 aliphatic carbocycles. The standard InChI is InChI=1S/C18H36N2O8S.2Na/c1-3-5-6-7-11-29(26,27)20(8-10-28-9-4-2)13-16(21)12-19(14-17(22)23)15-18(24)25;;/h16,21H,3-15H2,1-2H3,(H,22,23)(H,24,25);;/q;2*+1/p-2. The second-order valence-corrected chi connectivity index (χ2v) is 9.00. The van der Waals surface area contributed by atoms with Crippen LogP contribution < -0.4 is 69.3 Å². The second-order valence-electron chi connectivity index (χ2n) is 6.91. The zero-order valence-electron chi connectivity index (χ0n) is 19.4. The van der Waals surface area contributed by atoms with Gasteiger partial charge >= 0.3 is 59.1 Å². The Hall–Kier alpha value is 0.730. The third kappa shape index (κ3) is 19.9. The summed E-state index contributed by atoms with van der Waals surface area (Å²) in [6, 6.07) is 0. The molecular formula is C18H34N2Na2O8S. The second kappa shape index (κ2) is 21.3. The molecule has 0 radical (unpaired) electrons. The molecule has 0 aromatic rings. The molecule has 0 fully saturated rings. The van der Waals surface area contributed by atoms with E-state index in [1.807, 2.05) is 13.8 Å². The average molecular weight is 485 g/mol. The van der Waals surface area contributed by atoms with Gasteiger partial charge in [0.1, 0.15) is 0 Å². The number of unbranched alkanes of at least 4 members (excludes halogenated alkanes) is 3. The number of sulfonamides is 1. The number of rotatable bonds is 19. The van der Waals surface area contributed by atoms with E-state index in [0.29, 0.717) is 13.0 Å². The van der Waals surface area contributed by atoms with E-state index in [2.05, 4.69) is 0 Å². The summed E-state index contributed by atoms with van der Waals surface area (Å²) in [6.07, 6.45) is 2.68. The summed E-state index contributed by atoms with van der Waals surface area (Å²) in [5, 5.41) is 31.8. The van der Waals surface area contributed by atoms with Gasteiger partial charge in [-0.1, -0.05) is 33.1 Å². The SMILES string of the molecule is CCCCCCS(=O)(=O)N(CCOCCC)CC(O)CN(CC(=O)[O-])CC(=O)[O-].[Na+].[Na+]. The van der Waals surface area contributed by atoms with Crippen LogP contribution in [-0.2, 0) is 24.3 Å². The molecule has 10 nitrogen and oxygen atoms in total. The van der Waals surface area contributed by atoms with E-state index in [9.17, 15) is 33.3 Å². The molecule has 0 spiro atoms. The Morgan fingerprint density at radius 1 is 0.935 bits per heavy atom. The van der Waals surface area contributed by atoms with E-state index >= 15 is 0 Å². The van der Waals surface area contributed by atoms with Crippen molar-refractivity contribution in [1.82, 2.24) is 9.21 Å². The number of carbonyl (C=O) groups is 2. The number of ether oxygens (including phenoxy) is 1. The third-order valence-corrected chi connectivity index (χ3v) is 5.99. The Morgan fingerprint density at radius 3 is 2.00 bits per heavy atom. The van der Waals surface area contributed by atoms with Crippen LogP contribution >= 0.6 is 0 Å². The molecule has 0 aliphatic heterocycles. The molecule has 0 saturated carbocycles. The first-order chi connectivity index (χ1) is 13.6. The molecule has 0 aromatic carbocycles. The zero-order chi connectivity index (χ0) is 22.3. The summed E-state index contributed by atoms with van der Waals surface area (Å²) in [5.41, 5.74) is 0. The molecule has 0 aliphatic rings. The molecule has 1 atom stereocenters. The van der Waals surface area contributed by atoms with Gasteiger partial charge in [0.25, 0.3) is 0 Å². The Balaban J connectivity index is -0.00000392. The van der Waals surface area contributed by atoms with E-state index < -0.39 is 41.2 Å². The predicted molar refractivity (Wildman–Crippen MR) is 103 cm³/mol. The summed E-state index contributed by atoms with van der Waals surface area (Å²) >= 11 is 0. The minimum atomic E-state index is -3.65. The first kappa shape index (κ1) is 36.3. The monoisotopic (exact) mass is 484 g/mol. The number of hydrogen-bond donors (Lipinski definition) is 1. The number of aliphatic hydroxyl groups excluding tert-OH is 1. The molecular weight excluding hydrogens is 450 g/mol. The first-order valence-electron chi connectivity index (χ1n) is 9.98. The maximum absolute atomic E-state index is 12.7. The van der Waals surface area contributed by atoms with Crippen molar-refractivity contribution in [2.45, 2.75) is 52.1 Å². The summed E-state index contributed by atoms with van der Waals surface area (Å²) in [7, 11) is -3.65. The topological polar surface area (TPSA) is 150 Å². The summed E-state index contributed by atoms with van der Waals surface area (Å²) < 4.78 is 31.8. The molecule has 0 amide bonds. The largest absolute Gasteiger partial charge is 1.00 e. The quantitative estimate of drug-likeness (QED) is 0.139. The average Bonchev–Trinajstić information content (AvgIpc) is 2.60. The molecule has 172 valence electrons. The van der Waals surface area contributed by atoms with Crippen molar-refractivity contribution in [3.05, 3.63) is 0 Å². The molecule has 0 rings (SSSR count). The third-order valence-electron chi connectivity index (χ3n) is 4.07. The Bertz CT molecular complexity index is 565. The van der Waals surface area contributed by atoms with E-state index in [1.54, 1.807) is 0 Å². The van der Waals surface area contributed by atoms with Crippen LogP contribution in [0.3, 0.4) is 0 Å². The molecule has 1 N–H and O–H groups in total. The number of aliphatic hydroxyl groups is 1. The number of carboxylic acids is 2. The fourth-order valence-corrected chi connectivity index (χ4v) is 4.32. The van der Waals surface area contributed by atoms with Gasteiger partial charge in [0.15, 0.2) is 0 Å². The number of carbonyl (C=O) groups excluding carboxylic acids is 2. The number of hydrogen-bond acceptors (Lipinski definition) is 9. The minimum absolute atomic E-state index is 0. The van der Waals surface area contributed by atoms with Crippen LogP contribution in [0.25, 0.3) is 0 Å². The van der Waals surface area contributed by atoms with E-state index in [4.69, 9.17) is 4.74 Å². The van der Waals surface area contributed by atoms with Gasteiger partial charge in [-0.3, -0.25) is 4.90 Å². The van der Waals surface area contributed by atoms with Crippen molar-refractivity contribution in [3.63, 3.8) is 0 Å². The number of aliphatic carboxylic acids is 2. The van der Waals surface area contributed by atoms with Crippen LogP contribution in [0.1, 0.15) is 46.0 Å². The van der Waals surface area contributed by atoms with Crippen LogP contribution in [-0.4, -0.2) is 92.5 Å². The summed E-state index contributed by atoms with van der Waals surface area (Å²) in [6.45, 7) is 2.58. The number of nitrogens with zero attached hydrogens (tertiary/aromatic N) is 2. The van der Waals surface area contributed by atoms with Crippen molar-refractivity contribution in [2.24, 2.45) is 0 Å². The molecule has 0 aromatic heterocycles. The minimum Gasteiger partial charge on any atom is -0.549 e. The van der Waals surface area contributed by atoms with Crippen molar-refractivity contribution in [1.29, 1.82) is 0 Å². The van der Waals surface area contributed by atoms with Gasteiger partial charge in [-0.15, -0.1) is 0 Å². The maximum atomic E-state index is 12.7. The van der Waals surface area contributed by atoms with Gasteiger partial charge in [-0.2, -0.15) is 4.31 Å². The Labute approximate surface area is 230 Å². The van der Waals surface area contributed by atoms with Crippen LogP contribution in [0.4, 0.5) is 0 Å². The number of carboxylic acid groups (broad SMARTS) is 2. The van der Waals surface area contributed by atoms with Gasteiger partial charge in [-0.25, -0.2) is 8.42 Å². The molecule has 0 bridgehead atoms. The summed E-state index contributed by atoms with van der Waals surface area (Å²) in [4.78, 5) is 22.4. The Morgan fingerprint density at radius 2 is 1.52 bits per heavy atom. The fourth-order valence-electron chi connectivity index (χ4n) is 2.74. The van der Waals surface area contributed by atoms with Gasteiger partial charge in [0.05, 0.1) is 30.4 Å². The molecule has 13 heteroatoms. The van der Waals surface area contributed by atoms with E-state index in [0.717, 1.165) is 34.9 Å². The van der Waals surface area contributed by atoms with Crippen LogP contribution in [0.15, 0.2) is 0 Å². The van der Waals surface area contributed by atoms with E-state index in [1.165, 1.54) is 0 Å². The zero-order valence-corrected chi connectivity index (χ0v) is 24.2.